The third-order valence-corrected chi connectivity index (χ3v) is 6.03. The van der Waals surface area contributed by atoms with Gasteiger partial charge in [-0.05, 0) is 32.4 Å². The summed E-state index contributed by atoms with van der Waals surface area (Å²) in [5, 5.41) is 0. The molecule has 2 heteroatoms. The molecule has 1 aliphatic rings. The standard InChI is InChI=1S/C11H23NSi/c1-4-5-8-11-13(2,3)12-9-6-7-10-12/h8,11H,4-7,9-10H2,1-3H3. The van der Waals surface area contributed by atoms with E-state index in [2.05, 4.69) is 36.4 Å². The van der Waals surface area contributed by atoms with Crippen molar-refractivity contribution in [3.63, 3.8) is 0 Å². The van der Waals surface area contributed by atoms with Crippen LogP contribution in [-0.2, 0) is 0 Å². The van der Waals surface area contributed by atoms with Crippen molar-refractivity contribution >= 4 is 8.24 Å². The summed E-state index contributed by atoms with van der Waals surface area (Å²) in [6, 6.07) is 0. The fourth-order valence-corrected chi connectivity index (χ4v) is 4.36. The Morgan fingerprint density at radius 2 is 1.85 bits per heavy atom. The lowest BCUT2D eigenvalue weighted by molar-refractivity contribution is 0.528. The normalized spacial score (nSPS) is 20.2. The molecular formula is C11H23NSi. The lowest BCUT2D eigenvalue weighted by Crippen LogP contribution is -2.45. The predicted octanol–water partition coefficient (Wildman–Crippen LogP) is 3.18. The molecule has 0 aromatic heterocycles. The second-order valence-corrected chi connectivity index (χ2v) is 8.81. The van der Waals surface area contributed by atoms with Crippen molar-refractivity contribution < 1.29 is 0 Å². The molecule has 1 aliphatic heterocycles. The maximum absolute atomic E-state index is 2.72. The molecule has 1 rings (SSSR count). The van der Waals surface area contributed by atoms with E-state index in [9.17, 15) is 0 Å². The first kappa shape index (κ1) is 11.0. The lowest BCUT2D eigenvalue weighted by atomic mass is 10.3. The molecule has 0 atom stereocenters. The van der Waals surface area contributed by atoms with Crippen molar-refractivity contribution in [1.82, 2.24) is 4.57 Å². The Hall–Kier alpha value is -0.0831. The summed E-state index contributed by atoms with van der Waals surface area (Å²) < 4.78 is 2.72. The molecule has 1 saturated heterocycles. The SMILES string of the molecule is CCCC=C[Si](C)(C)N1CCCC1. The zero-order chi connectivity index (χ0) is 9.73. The van der Waals surface area contributed by atoms with Crippen LogP contribution in [0.25, 0.3) is 0 Å². The van der Waals surface area contributed by atoms with Crippen LogP contribution in [0, 0.1) is 0 Å². The molecular weight excluding hydrogens is 174 g/mol. The molecule has 0 amide bonds. The van der Waals surface area contributed by atoms with E-state index in [1.54, 1.807) is 0 Å². The quantitative estimate of drug-likeness (QED) is 0.626. The van der Waals surface area contributed by atoms with Gasteiger partial charge in [0, 0.05) is 0 Å². The average molecular weight is 197 g/mol. The summed E-state index contributed by atoms with van der Waals surface area (Å²) in [4.78, 5) is 0. The largest absolute Gasteiger partial charge is 0.321 e. The number of rotatable bonds is 4. The molecule has 0 saturated carbocycles. The number of unbranched alkanes of at least 4 members (excludes halogenated alkanes) is 1. The molecule has 0 N–H and O–H groups in total. The first-order valence-corrected chi connectivity index (χ1v) is 8.62. The van der Waals surface area contributed by atoms with Crippen LogP contribution in [0.3, 0.4) is 0 Å². The van der Waals surface area contributed by atoms with Gasteiger partial charge in [0.2, 0.25) is 0 Å². The van der Waals surface area contributed by atoms with E-state index in [4.69, 9.17) is 0 Å². The fourth-order valence-electron chi connectivity index (χ4n) is 1.94. The molecule has 76 valence electrons. The highest BCUT2D eigenvalue weighted by atomic mass is 28.3. The third-order valence-electron chi connectivity index (χ3n) is 2.90. The van der Waals surface area contributed by atoms with Crippen molar-refractivity contribution in [2.75, 3.05) is 13.1 Å². The van der Waals surface area contributed by atoms with Crippen LogP contribution >= 0.6 is 0 Å². The molecule has 0 aromatic rings. The molecule has 1 fully saturated rings. The number of nitrogens with zero attached hydrogens (tertiary/aromatic N) is 1. The summed E-state index contributed by atoms with van der Waals surface area (Å²) in [5.74, 6) is 0. The lowest BCUT2D eigenvalue weighted by Gasteiger charge is -2.30. The van der Waals surface area contributed by atoms with Gasteiger partial charge in [0.15, 0.2) is 0 Å². The zero-order valence-corrected chi connectivity index (χ0v) is 10.3. The van der Waals surface area contributed by atoms with Gasteiger partial charge in [-0.2, -0.15) is 0 Å². The average Bonchev–Trinajstić information content (AvgIpc) is 2.56. The van der Waals surface area contributed by atoms with Gasteiger partial charge in [0.05, 0.1) is 0 Å². The minimum atomic E-state index is -1.15. The monoisotopic (exact) mass is 197 g/mol. The van der Waals surface area contributed by atoms with Crippen LogP contribution in [0.4, 0.5) is 0 Å². The fraction of sp³-hybridized carbons (Fsp3) is 0.818. The molecule has 13 heavy (non-hydrogen) atoms. The Morgan fingerprint density at radius 1 is 1.23 bits per heavy atom. The van der Waals surface area contributed by atoms with Gasteiger partial charge in [-0.3, -0.25) is 0 Å². The van der Waals surface area contributed by atoms with Crippen LogP contribution in [0.15, 0.2) is 11.8 Å². The van der Waals surface area contributed by atoms with Gasteiger partial charge in [-0.25, -0.2) is 0 Å². The predicted molar refractivity (Wildman–Crippen MR) is 62.3 cm³/mol. The Balaban J connectivity index is 2.43. The highest BCUT2D eigenvalue weighted by Crippen LogP contribution is 2.18. The van der Waals surface area contributed by atoms with E-state index in [-0.39, 0.29) is 0 Å². The van der Waals surface area contributed by atoms with Crippen LogP contribution in [0.2, 0.25) is 13.1 Å². The first-order chi connectivity index (χ1) is 6.17. The molecule has 0 radical (unpaired) electrons. The molecule has 1 nitrogen and oxygen atoms in total. The summed E-state index contributed by atoms with van der Waals surface area (Å²) in [6.45, 7) is 9.86. The molecule has 0 aromatic carbocycles. The maximum atomic E-state index is 2.72. The van der Waals surface area contributed by atoms with Gasteiger partial charge in [-0.15, -0.1) is 0 Å². The van der Waals surface area contributed by atoms with Crippen molar-refractivity contribution in [3.05, 3.63) is 11.8 Å². The first-order valence-electron chi connectivity index (χ1n) is 5.59. The van der Waals surface area contributed by atoms with Crippen LogP contribution < -0.4 is 0 Å². The van der Waals surface area contributed by atoms with E-state index in [0.717, 1.165) is 0 Å². The van der Waals surface area contributed by atoms with E-state index in [1.165, 1.54) is 38.8 Å². The second kappa shape index (κ2) is 4.96. The summed E-state index contributed by atoms with van der Waals surface area (Å²) in [7, 11) is -1.15. The molecule has 0 spiro atoms. The second-order valence-electron chi connectivity index (χ2n) is 4.54. The minimum Gasteiger partial charge on any atom is -0.321 e. The van der Waals surface area contributed by atoms with E-state index in [1.807, 2.05) is 0 Å². The van der Waals surface area contributed by atoms with Crippen LogP contribution in [0.5, 0.6) is 0 Å². The van der Waals surface area contributed by atoms with E-state index < -0.39 is 8.24 Å². The van der Waals surface area contributed by atoms with Gasteiger partial charge < -0.3 is 4.57 Å². The highest BCUT2D eigenvalue weighted by Gasteiger charge is 2.28. The van der Waals surface area contributed by atoms with E-state index in [0.29, 0.717) is 0 Å². The van der Waals surface area contributed by atoms with Crippen molar-refractivity contribution in [2.45, 2.75) is 45.7 Å². The number of allylic oxidation sites excluding steroid dienone is 1. The molecule has 1 heterocycles. The van der Waals surface area contributed by atoms with Crippen molar-refractivity contribution in [3.8, 4) is 0 Å². The molecule has 0 aliphatic carbocycles. The van der Waals surface area contributed by atoms with Gasteiger partial charge in [0.25, 0.3) is 0 Å². The summed E-state index contributed by atoms with van der Waals surface area (Å²) in [5.41, 5.74) is 2.52. The Bertz CT molecular complexity index is 169. The molecule has 0 unspecified atom stereocenters. The number of hydrogen-bond acceptors (Lipinski definition) is 1. The van der Waals surface area contributed by atoms with Crippen molar-refractivity contribution in [1.29, 1.82) is 0 Å². The van der Waals surface area contributed by atoms with E-state index >= 15 is 0 Å². The van der Waals surface area contributed by atoms with Crippen LogP contribution in [-0.4, -0.2) is 25.9 Å². The topological polar surface area (TPSA) is 3.24 Å². The van der Waals surface area contributed by atoms with Gasteiger partial charge in [-0.1, -0.05) is 38.2 Å². The third kappa shape index (κ3) is 3.28. The molecule has 0 bridgehead atoms. The number of hydrogen-bond donors (Lipinski definition) is 0. The minimum absolute atomic E-state index is 1.15. The van der Waals surface area contributed by atoms with Gasteiger partial charge >= 0.3 is 0 Å². The Labute approximate surface area is 83.9 Å². The highest BCUT2D eigenvalue weighted by molar-refractivity contribution is 6.79. The van der Waals surface area contributed by atoms with Crippen LogP contribution in [0.1, 0.15) is 32.6 Å². The maximum Gasteiger partial charge on any atom is 0.146 e. The summed E-state index contributed by atoms with van der Waals surface area (Å²) in [6.07, 6.45) is 7.76. The van der Waals surface area contributed by atoms with Crippen molar-refractivity contribution in [2.24, 2.45) is 0 Å². The zero-order valence-electron chi connectivity index (χ0n) is 9.34. The summed E-state index contributed by atoms with van der Waals surface area (Å²) >= 11 is 0. The Morgan fingerprint density at radius 3 is 2.38 bits per heavy atom. The smallest absolute Gasteiger partial charge is 0.146 e. The van der Waals surface area contributed by atoms with Gasteiger partial charge in [0.1, 0.15) is 8.24 Å². The Kier molecular flexibility index (Phi) is 4.20.